The molecule has 0 radical (unpaired) electrons. The number of ketones is 1. The number of carbonyl (C=O) groups is 1. The van der Waals surface area contributed by atoms with E-state index in [1.807, 2.05) is 30.3 Å². The Morgan fingerprint density at radius 1 is 1.10 bits per heavy atom. The Balaban J connectivity index is 1.82. The van der Waals surface area contributed by atoms with Crippen LogP contribution in [0.15, 0.2) is 41.2 Å². The van der Waals surface area contributed by atoms with Gasteiger partial charge in [0.1, 0.15) is 11.6 Å². The van der Waals surface area contributed by atoms with E-state index < -0.39 is 0 Å². The van der Waals surface area contributed by atoms with Crippen molar-refractivity contribution in [3.8, 4) is 5.75 Å². The Labute approximate surface area is 118 Å². The third-order valence-electron chi connectivity index (χ3n) is 3.70. The van der Waals surface area contributed by atoms with E-state index in [4.69, 9.17) is 4.74 Å². The van der Waals surface area contributed by atoms with Gasteiger partial charge in [0.15, 0.2) is 5.78 Å². The van der Waals surface area contributed by atoms with Gasteiger partial charge in [-0.15, -0.1) is 0 Å². The predicted molar refractivity (Wildman–Crippen MR) is 78.2 cm³/mol. The second-order valence-electron chi connectivity index (χ2n) is 4.98. The second-order valence-corrected chi connectivity index (χ2v) is 4.98. The number of carbonyl (C=O) groups excluding carboxylic acids is 1. The topological polar surface area (TPSA) is 50.4 Å². The highest BCUT2D eigenvalue weighted by atomic mass is 16.5. The lowest BCUT2D eigenvalue weighted by Gasteiger charge is -2.03. The van der Waals surface area contributed by atoms with E-state index in [-0.39, 0.29) is 5.78 Å². The van der Waals surface area contributed by atoms with Crippen LogP contribution in [0.25, 0.3) is 6.08 Å². The summed E-state index contributed by atoms with van der Waals surface area (Å²) in [5.74, 6) is 1.91. The molecule has 2 aliphatic rings. The van der Waals surface area contributed by atoms with Gasteiger partial charge in [-0.05, 0) is 36.6 Å². The van der Waals surface area contributed by atoms with Gasteiger partial charge in [0.25, 0.3) is 0 Å². The summed E-state index contributed by atoms with van der Waals surface area (Å²) < 4.78 is 5.13. The number of nitrogens with one attached hydrogen (secondary N) is 2. The fraction of sp³-hybridized carbons (Fsp3) is 0.312. The average Bonchev–Trinajstić information content (AvgIpc) is 3.11. The molecule has 104 valence electrons. The molecule has 3 rings (SSSR count). The SMILES string of the molecule is COc1ccc(/C=C2\CCC(=C3NCCN3)C2=O)cc1. The molecular weight excluding hydrogens is 252 g/mol. The maximum Gasteiger partial charge on any atom is 0.188 e. The molecule has 4 nitrogen and oxygen atoms in total. The van der Waals surface area contributed by atoms with Gasteiger partial charge in [0.2, 0.25) is 0 Å². The van der Waals surface area contributed by atoms with Crippen molar-refractivity contribution < 1.29 is 9.53 Å². The summed E-state index contributed by atoms with van der Waals surface area (Å²) in [7, 11) is 1.65. The summed E-state index contributed by atoms with van der Waals surface area (Å²) in [5.41, 5.74) is 2.81. The molecule has 1 aliphatic carbocycles. The molecule has 4 heteroatoms. The number of ether oxygens (including phenoxy) is 1. The van der Waals surface area contributed by atoms with E-state index in [2.05, 4.69) is 10.6 Å². The van der Waals surface area contributed by atoms with Crippen LogP contribution in [0.3, 0.4) is 0 Å². The van der Waals surface area contributed by atoms with E-state index in [0.717, 1.165) is 54.2 Å². The monoisotopic (exact) mass is 270 g/mol. The fourth-order valence-corrected chi connectivity index (χ4v) is 2.61. The van der Waals surface area contributed by atoms with Crippen molar-refractivity contribution in [1.29, 1.82) is 0 Å². The number of hydrogen-bond donors (Lipinski definition) is 2. The molecule has 1 saturated carbocycles. The lowest BCUT2D eigenvalue weighted by atomic mass is 10.1. The van der Waals surface area contributed by atoms with Gasteiger partial charge in [-0.3, -0.25) is 4.79 Å². The molecule has 0 atom stereocenters. The molecule has 0 unspecified atom stereocenters. The van der Waals surface area contributed by atoms with Crippen molar-refractivity contribution in [2.45, 2.75) is 12.8 Å². The molecule has 1 aromatic carbocycles. The summed E-state index contributed by atoms with van der Waals surface area (Å²) in [6, 6.07) is 7.75. The van der Waals surface area contributed by atoms with Crippen LogP contribution in [-0.2, 0) is 4.79 Å². The van der Waals surface area contributed by atoms with Gasteiger partial charge in [0.05, 0.1) is 7.11 Å². The van der Waals surface area contributed by atoms with Crippen LogP contribution in [0.4, 0.5) is 0 Å². The first kappa shape index (κ1) is 12.8. The van der Waals surface area contributed by atoms with E-state index in [9.17, 15) is 4.79 Å². The Morgan fingerprint density at radius 2 is 1.80 bits per heavy atom. The highest BCUT2D eigenvalue weighted by molar-refractivity contribution is 6.13. The molecule has 2 fully saturated rings. The van der Waals surface area contributed by atoms with Crippen LogP contribution < -0.4 is 15.4 Å². The zero-order valence-electron chi connectivity index (χ0n) is 11.5. The standard InChI is InChI=1S/C16H18N2O2/c1-20-13-5-2-11(3-6-13)10-12-4-7-14(15(12)19)16-17-8-9-18-16/h2-3,5-6,10,17-18H,4,7-9H2,1H3/b12-10+. The highest BCUT2D eigenvalue weighted by Crippen LogP contribution is 2.29. The fourth-order valence-electron chi connectivity index (χ4n) is 2.61. The number of hydrogen-bond acceptors (Lipinski definition) is 4. The minimum Gasteiger partial charge on any atom is -0.497 e. The van der Waals surface area contributed by atoms with Crippen LogP contribution in [0.1, 0.15) is 18.4 Å². The molecule has 1 aromatic rings. The Bertz CT molecular complexity index is 577. The van der Waals surface area contributed by atoms with Crippen molar-refractivity contribution in [3.63, 3.8) is 0 Å². The largest absolute Gasteiger partial charge is 0.497 e. The first-order chi connectivity index (χ1) is 9.78. The van der Waals surface area contributed by atoms with Crippen molar-refractivity contribution in [1.82, 2.24) is 10.6 Å². The maximum absolute atomic E-state index is 12.4. The third-order valence-corrected chi connectivity index (χ3v) is 3.70. The first-order valence-electron chi connectivity index (χ1n) is 6.88. The summed E-state index contributed by atoms with van der Waals surface area (Å²) >= 11 is 0. The van der Waals surface area contributed by atoms with Gasteiger partial charge in [-0.1, -0.05) is 12.1 Å². The minimum absolute atomic E-state index is 0.165. The smallest absolute Gasteiger partial charge is 0.188 e. The van der Waals surface area contributed by atoms with Crippen LogP contribution in [0.2, 0.25) is 0 Å². The Morgan fingerprint density at radius 3 is 2.45 bits per heavy atom. The predicted octanol–water partition coefficient (Wildman–Crippen LogP) is 1.85. The lowest BCUT2D eigenvalue weighted by molar-refractivity contribution is -0.111. The highest BCUT2D eigenvalue weighted by Gasteiger charge is 2.27. The van der Waals surface area contributed by atoms with E-state index in [1.54, 1.807) is 7.11 Å². The minimum atomic E-state index is 0.165. The van der Waals surface area contributed by atoms with E-state index >= 15 is 0 Å². The number of Topliss-reactive ketones (excluding diaryl/α,β-unsaturated/α-hetero) is 1. The number of methoxy groups -OCH3 is 1. The molecule has 0 amide bonds. The first-order valence-corrected chi connectivity index (χ1v) is 6.88. The molecule has 2 N–H and O–H groups in total. The maximum atomic E-state index is 12.4. The Kier molecular flexibility index (Phi) is 3.46. The van der Waals surface area contributed by atoms with Crippen molar-refractivity contribution >= 4 is 11.9 Å². The lowest BCUT2D eigenvalue weighted by Crippen LogP contribution is -2.15. The molecule has 1 saturated heterocycles. The van der Waals surface area contributed by atoms with Crippen LogP contribution >= 0.6 is 0 Å². The second kappa shape index (κ2) is 5.41. The van der Waals surface area contributed by atoms with Gasteiger partial charge >= 0.3 is 0 Å². The number of allylic oxidation sites excluding steroid dienone is 2. The van der Waals surface area contributed by atoms with Crippen molar-refractivity contribution in [2.75, 3.05) is 20.2 Å². The van der Waals surface area contributed by atoms with Crippen LogP contribution in [0.5, 0.6) is 5.75 Å². The zero-order valence-corrected chi connectivity index (χ0v) is 11.5. The summed E-state index contributed by atoms with van der Waals surface area (Å²) in [6.45, 7) is 1.79. The third kappa shape index (κ3) is 2.41. The molecule has 0 aromatic heterocycles. The van der Waals surface area contributed by atoms with Gasteiger partial charge in [0, 0.05) is 24.2 Å². The molecular formula is C16H18N2O2. The molecule has 20 heavy (non-hydrogen) atoms. The van der Waals surface area contributed by atoms with Gasteiger partial charge in [-0.2, -0.15) is 0 Å². The van der Waals surface area contributed by atoms with E-state index in [0.29, 0.717) is 0 Å². The molecule has 1 heterocycles. The molecule has 0 bridgehead atoms. The van der Waals surface area contributed by atoms with Crippen LogP contribution in [-0.4, -0.2) is 26.0 Å². The van der Waals surface area contributed by atoms with Crippen LogP contribution in [0, 0.1) is 0 Å². The molecule has 1 aliphatic heterocycles. The van der Waals surface area contributed by atoms with Gasteiger partial charge < -0.3 is 15.4 Å². The van der Waals surface area contributed by atoms with Crippen molar-refractivity contribution in [3.05, 3.63) is 46.8 Å². The quantitative estimate of drug-likeness (QED) is 0.805. The summed E-state index contributed by atoms with van der Waals surface area (Å²) in [4.78, 5) is 12.4. The number of rotatable bonds is 2. The number of benzene rings is 1. The Hall–Kier alpha value is -2.23. The summed E-state index contributed by atoms with van der Waals surface area (Å²) in [6.07, 6.45) is 3.60. The van der Waals surface area contributed by atoms with Crippen molar-refractivity contribution in [2.24, 2.45) is 0 Å². The summed E-state index contributed by atoms with van der Waals surface area (Å²) in [5, 5.41) is 6.46. The van der Waals surface area contributed by atoms with Gasteiger partial charge in [-0.25, -0.2) is 0 Å². The zero-order chi connectivity index (χ0) is 13.9. The normalized spacial score (nSPS) is 20.2. The molecule has 0 spiro atoms. The van der Waals surface area contributed by atoms with E-state index in [1.165, 1.54) is 0 Å². The average molecular weight is 270 g/mol.